The Balaban J connectivity index is 1.90. The van der Waals surface area contributed by atoms with Gasteiger partial charge in [0.2, 0.25) is 21.8 Å². The number of hydrogen-bond acceptors (Lipinski definition) is 7. The molecule has 0 radical (unpaired) electrons. The highest BCUT2D eigenvalue weighted by Gasteiger charge is 2.33. The molecule has 2 N–H and O–H groups in total. The molecule has 1 aliphatic rings. The normalized spacial score (nSPS) is 18.8. The van der Waals surface area contributed by atoms with Gasteiger partial charge in [-0.1, -0.05) is 24.6 Å². The molecule has 226 valence electrons. The molecule has 0 saturated heterocycles. The largest absolute Gasteiger partial charge is 0.488 e. The number of rotatable bonds is 11. The summed E-state index contributed by atoms with van der Waals surface area (Å²) in [7, 11) is 1.65. The minimum atomic E-state index is -3.78. The van der Waals surface area contributed by atoms with Crippen LogP contribution in [-0.2, 0) is 26.0 Å². The van der Waals surface area contributed by atoms with Gasteiger partial charge in [-0.3, -0.25) is 9.59 Å². The zero-order chi connectivity index (χ0) is 30.3. The minimum Gasteiger partial charge on any atom is -0.488 e. The lowest BCUT2D eigenvalue weighted by molar-refractivity contribution is -0.134. The number of nitrogens with one attached hydrogen (secondary N) is 1. The highest BCUT2D eigenvalue weighted by atomic mass is 32.2. The molecule has 0 spiro atoms. The number of hydrogen-bond donors (Lipinski definition) is 2. The molecule has 0 bridgehead atoms. The van der Waals surface area contributed by atoms with E-state index in [1.165, 1.54) is 11.4 Å². The first kappa shape index (κ1) is 32.5. The molecule has 11 heteroatoms. The van der Waals surface area contributed by atoms with Crippen molar-refractivity contribution in [3.8, 4) is 5.75 Å². The van der Waals surface area contributed by atoms with Crippen molar-refractivity contribution in [1.82, 2.24) is 14.1 Å². The first-order valence-corrected chi connectivity index (χ1v) is 15.4. The maximum Gasteiger partial charge on any atom is 0.242 e. The summed E-state index contributed by atoms with van der Waals surface area (Å²) in [5.41, 5.74) is 2.10. The molecule has 0 aromatic heterocycles. The van der Waals surface area contributed by atoms with E-state index in [1.807, 2.05) is 32.8 Å². The Bertz CT molecular complexity index is 1300. The number of benzene rings is 2. The maximum atomic E-state index is 13.4. The minimum absolute atomic E-state index is 0.0148. The van der Waals surface area contributed by atoms with Gasteiger partial charge in [-0.15, -0.1) is 0 Å². The molecular formula is C30H44N4O6S. The molecule has 10 nitrogen and oxygen atoms in total. The Hall–Kier alpha value is -2.99. The molecule has 1 heterocycles. The van der Waals surface area contributed by atoms with Gasteiger partial charge in [0, 0.05) is 37.2 Å². The quantitative estimate of drug-likeness (QED) is 0.414. The van der Waals surface area contributed by atoms with Crippen LogP contribution in [-0.4, -0.2) is 99.0 Å². The van der Waals surface area contributed by atoms with Crippen molar-refractivity contribution in [2.75, 3.05) is 52.7 Å². The summed E-state index contributed by atoms with van der Waals surface area (Å²) in [4.78, 5) is 29.8. The number of amides is 2. The van der Waals surface area contributed by atoms with E-state index in [0.717, 1.165) is 18.5 Å². The predicted octanol–water partition coefficient (Wildman–Crippen LogP) is 2.75. The summed E-state index contributed by atoms with van der Waals surface area (Å²) in [5.74, 6) is -0.0999. The van der Waals surface area contributed by atoms with Crippen LogP contribution in [0.1, 0.15) is 37.8 Å². The van der Waals surface area contributed by atoms with Crippen molar-refractivity contribution < 1.29 is 27.9 Å². The highest BCUT2D eigenvalue weighted by Crippen LogP contribution is 2.30. The number of aliphatic hydroxyl groups is 1. The lowest BCUT2D eigenvalue weighted by Crippen LogP contribution is -2.48. The molecule has 3 atom stereocenters. The van der Waals surface area contributed by atoms with Crippen LogP contribution in [0.4, 0.5) is 5.69 Å². The van der Waals surface area contributed by atoms with Gasteiger partial charge in [-0.2, -0.15) is 4.31 Å². The molecule has 2 aromatic rings. The number of aliphatic hydroxyl groups excluding tert-OH is 1. The van der Waals surface area contributed by atoms with Gasteiger partial charge < -0.3 is 25.0 Å². The monoisotopic (exact) mass is 588 g/mol. The van der Waals surface area contributed by atoms with Crippen molar-refractivity contribution in [2.24, 2.45) is 5.92 Å². The second-order valence-electron chi connectivity index (χ2n) is 11.3. The van der Waals surface area contributed by atoms with Crippen molar-refractivity contribution >= 4 is 27.5 Å². The van der Waals surface area contributed by atoms with E-state index in [2.05, 4.69) is 5.32 Å². The van der Waals surface area contributed by atoms with Crippen molar-refractivity contribution in [1.29, 1.82) is 0 Å². The van der Waals surface area contributed by atoms with Gasteiger partial charge in [0.05, 0.1) is 30.5 Å². The lowest BCUT2D eigenvalue weighted by atomic mass is 10.0. The van der Waals surface area contributed by atoms with Gasteiger partial charge in [-0.05, 0) is 71.2 Å². The van der Waals surface area contributed by atoms with E-state index in [1.54, 1.807) is 54.3 Å². The Morgan fingerprint density at radius 3 is 2.49 bits per heavy atom. The molecule has 2 amide bonds. The van der Waals surface area contributed by atoms with Crippen LogP contribution in [0.25, 0.3) is 0 Å². The topological polar surface area (TPSA) is 119 Å². The fourth-order valence-corrected chi connectivity index (χ4v) is 5.93. The Kier molecular flexibility index (Phi) is 11.3. The Morgan fingerprint density at radius 2 is 1.85 bits per heavy atom. The number of sulfonamides is 1. The number of aryl methyl sites for hydroxylation is 1. The number of carbonyl (C=O) groups excluding carboxylic acids is 2. The summed E-state index contributed by atoms with van der Waals surface area (Å²) in [5, 5.41) is 12.8. The molecule has 0 aliphatic carbocycles. The van der Waals surface area contributed by atoms with E-state index in [9.17, 15) is 23.1 Å². The summed E-state index contributed by atoms with van der Waals surface area (Å²) < 4.78 is 34.4. The Labute approximate surface area is 244 Å². The van der Waals surface area contributed by atoms with Crippen LogP contribution in [0.15, 0.2) is 47.4 Å². The van der Waals surface area contributed by atoms with E-state index in [-0.39, 0.29) is 48.7 Å². The van der Waals surface area contributed by atoms with Crippen LogP contribution < -0.4 is 10.1 Å². The van der Waals surface area contributed by atoms with Crippen molar-refractivity contribution in [2.45, 2.75) is 57.1 Å². The average Bonchev–Trinajstić information content (AvgIpc) is 2.95. The Morgan fingerprint density at radius 1 is 1.17 bits per heavy atom. The second-order valence-corrected chi connectivity index (χ2v) is 13.3. The first-order chi connectivity index (χ1) is 19.3. The number of fused-ring (bicyclic) bond motifs is 1. The third-order valence-corrected chi connectivity index (χ3v) is 9.21. The predicted molar refractivity (Wildman–Crippen MR) is 159 cm³/mol. The summed E-state index contributed by atoms with van der Waals surface area (Å²) in [6.45, 7) is 6.51. The van der Waals surface area contributed by atoms with Gasteiger partial charge in [0.15, 0.2) is 0 Å². The van der Waals surface area contributed by atoms with Crippen LogP contribution in [0.5, 0.6) is 5.75 Å². The van der Waals surface area contributed by atoms with E-state index in [4.69, 9.17) is 4.74 Å². The molecule has 3 rings (SSSR count). The number of ether oxygens (including phenoxy) is 1. The zero-order valence-corrected chi connectivity index (χ0v) is 25.8. The molecule has 0 unspecified atom stereocenters. The van der Waals surface area contributed by atoms with E-state index < -0.39 is 22.2 Å². The van der Waals surface area contributed by atoms with Crippen LogP contribution in [0.2, 0.25) is 0 Å². The smallest absolute Gasteiger partial charge is 0.242 e. The fraction of sp³-hybridized carbons (Fsp3) is 0.533. The summed E-state index contributed by atoms with van der Waals surface area (Å²) in [6.07, 6.45) is 0.511. The molecule has 1 aliphatic heterocycles. The molecule has 0 fully saturated rings. The van der Waals surface area contributed by atoms with Gasteiger partial charge in [0.1, 0.15) is 11.9 Å². The van der Waals surface area contributed by atoms with E-state index >= 15 is 0 Å². The number of likely N-dealkylation sites (N-methyl/N-ethyl adjacent to an activating group) is 1. The van der Waals surface area contributed by atoms with E-state index in [0.29, 0.717) is 23.4 Å². The fourth-order valence-electron chi connectivity index (χ4n) is 4.75. The summed E-state index contributed by atoms with van der Waals surface area (Å²) in [6, 6.07) is 11.4. The van der Waals surface area contributed by atoms with Gasteiger partial charge >= 0.3 is 0 Å². The standard InChI is InChI=1S/C30H44N4O6S/c1-21-9-12-26(13-10-21)41(38,39)33(6)19-28-22(2)18-34(23(3)20-35)30(37)17-24-16-25(11-14-27(24)40-28)31-29(36)8-7-15-32(4)5/h9-14,16,22-23,28,35H,7-8,15,17-20H2,1-6H3,(H,31,36)/t22-,23-,28+/m1/s1. The molecule has 41 heavy (non-hydrogen) atoms. The second kappa shape index (κ2) is 14.3. The van der Waals surface area contributed by atoms with Crippen LogP contribution >= 0.6 is 0 Å². The third-order valence-electron chi connectivity index (χ3n) is 7.38. The number of carbonyl (C=O) groups is 2. The van der Waals surface area contributed by atoms with Crippen LogP contribution in [0.3, 0.4) is 0 Å². The third kappa shape index (κ3) is 8.75. The van der Waals surface area contributed by atoms with Crippen molar-refractivity contribution in [3.05, 3.63) is 53.6 Å². The highest BCUT2D eigenvalue weighted by molar-refractivity contribution is 7.89. The maximum absolute atomic E-state index is 13.4. The lowest BCUT2D eigenvalue weighted by Gasteiger charge is -2.33. The summed E-state index contributed by atoms with van der Waals surface area (Å²) >= 11 is 0. The average molecular weight is 589 g/mol. The van der Waals surface area contributed by atoms with Gasteiger partial charge in [-0.25, -0.2) is 8.42 Å². The van der Waals surface area contributed by atoms with Crippen LogP contribution in [0, 0.1) is 12.8 Å². The molecular weight excluding hydrogens is 544 g/mol. The SMILES string of the molecule is Cc1ccc(S(=O)(=O)N(C)C[C@@H]2Oc3ccc(NC(=O)CCCN(C)C)cc3CC(=O)N([C@H](C)CO)C[C@H]2C)cc1. The van der Waals surface area contributed by atoms with Gasteiger partial charge in [0.25, 0.3) is 0 Å². The number of nitrogens with zero attached hydrogens (tertiary/aromatic N) is 3. The first-order valence-electron chi connectivity index (χ1n) is 14.0. The number of anilines is 1. The zero-order valence-electron chi connectivity index (χ0n) is 25.0. The molecule has 2 aromatic carbocycles. The van der Waals surface area contributed by atoms with Crippen molar-refractivity contribution in [3.63, 3.8) is 0 Å². The molecule has 0 saturated carbocycles.